The van der Waals surface area contributed by atoms with Crippen molar-refractivity contribution in [3.05, 3.63) is 29.8 Å². The van der Waals surface area contributed by atoms with Crippen molar-refractivity contribution in [2.75, 3.05) is 66.6 Å². The van der Waals surface area contributed by atoms with Crippen LogP contribution in [0.2, 0.25) is 0 Å². The molecule has 0 spiro atoms. The van der Waals surface area contributed by atoms with E-state index in [1.165, 1.54) is 24.9 Å². The predicted octanol–water partition coefficient (Wildman–Crippen LogP) is 1.92. The van der Waals surface area contributed by atoms with Crippen LogP contribution in [0.25, 0.3) is 0 Å². The minimum absolute atomic E-state index is 0.694. The van der Waals surface area contributed by atoms with Crippen LogP contribution in [-0.4, -0.2) is 87.4 Å². The minimum atomic E-state index is 0.694. The predicted molar refractivity (Wildman–Crippen MR) is 101 cm³/mol. The summed E-state index contributed by atoms with van der Waals surface area (Å²) in [6, 6.07) is 9.17. The monoisotopic (exact) mass is 347 g/mol. The van der Waals surface area contributed by atoms with Gasteiger partial charge in [0.05, 0.1) is 13.2 Å². The van der Waals surface area contributed by atoms with Crippen molar-refractivity contribution in [3.63, 3.8) is 0 Å². The minimum Gasteiger partial charge on any atom is -0.492 e. The Labute approximate surface area is 152 Å². The van der Waals surface area contributed by atoms with E-state index in [0.29, 0.717) is 6.04 Å². The SMILES string of the molecule is CN(Cc1ccccc1OCCN1CCOCC1)C[C@H]1CCCN1C. The van der Waals surface area contributed by atoms with Crippen LogP contribution in [0.4, 0.5) is 0 Å². The van der Waals surface area contributed by atoms with Gasteiger partial charge in [0.25, 0.3) is 0 Å². The maximum atomic E-state index is 6.11. The summed E-state index contributed by atoms with van der Waals surface area (Å²) >= 11 is 0. The summed E-state index contributed by atoms with van der Waals surface area (Å²) in [6.45, 7) is 8.74. The number of para-hydroxylation sites is 1. The van der Waals surface area contributed by atoms with Crippen molar-refractivity contribution in [2.45, 2.75) is 25.4 Å². The lowest BCUT2D eigenvalue weighted by Gasteiger charge is -2.27. The number of nitrogens with zero attached hydrogens (tertiary/aromatic N) is 3. The number of likely N-dealkylation sites (tertiary alicyclic amines) is 1. The van der Waals surface area contributed by atoms with E-state index in [1.807, 2.05) is 0 Å². The van der Waals surface area contributed by atoms with Crippen LogP contribution < -0.4 is 4.74 Å². The van der Waals surface area contributed by atoms with E-state index in [-0.39, 0.29) is 0 Å². The lowest BCUT2D eigenvalue weighted by molar-refractivity contribution is 0.0321. The number of morpholine rings is 1. The topological polar surface area (TPSA) is 28.2 Å². The molecule has 2 aliphatic rings. The fraction of sp³-hybridized carbons (Fsp3) is 0.700. The summed E-state index contributed by atoms with van der Waals surface area (Å²) in [5, 5.41) is 0. The molecule has 2 saturated heterocycles. The summed E-state index contributed by atoms with van der Waals surface area (Å²) < 4.78 is 11.5. The molecule has 2 aliphatic heterocycles. The highest BCUT2D eigenvalue weighted by Gasteiger charge is 2.22. The second kappa shape index (κ2) is 9.53. The fourth-order valence-corrected chi connectivity index (χ4v) is 3.81. The highest BCUT2D eigenvalue weighted by Crippen LogP contribution is 2.21. The van der Waals surface area contributed by atoms with Gasteiger partial charge in [0.2, 0.25) is 0 Å². The first kappa shape index (κ1) is 18.6. The molecule has 25 heavy (non-hydrogen) atoms. The van der Waals surface area contributed by atoms with Crippen molar-refractivity contribution in [1.29, 1.82) is 0 Å². The zero-order valence-corrected chi connectivity index (χ0v) is 15.8. The fourth-order valence-electron chi connectivity index (χ4n) is 3.81. The molecule has 0 saturated carbocycles. The van der Waals surface area contributed by atoms with Gasteiger partial charge in [-0.2, -0.15) is 0 Å². The Kier molecular flexibility index (Phi) is 7.11. The molecule has 5 nitrogen and oxygen atoms in total. The van der Waals surface area contributed by atoms with Gasteiger partial charge in [-0.3, -0.25) is 4.90 Å². The molecular weight excluding hydrogens is 314 g/mol. The quantitative estimate of drug-likeness (QED) is 0.716. The van der Waals surface area contributed by atoms with E-state index in [0.717, 1.165) is 58.3 Å². The van der Waals surface area contributed by atoms with Crippen molar-refractivity contribution in [2.24, 2.45) is 0 Å². The largest absolute Gasteiger partial charge is 0.492 e. The van der Waals surface area contributed by atoms with E-state index in [2.05, 4.69) is 53.1 Å². The van der Waals surface area contributed by atoms with Crippen LogP contribution in [0.3, 0.4) is 0 Å². The first-order chi connectivity index (χ1) is 12.2. The van der Waals surface area contributed by atoms with Gasteiger partial charge in [-0.15, -0.1) is 0 Å². The van der Waals surface area contributed by atoms with Gasteiger partial charge in [0.15, 0.2) is 0 Å². The molecule has 140 valence electrons. The summed E-state index contributed by atoms with van der Waals surface area (Å²) in [5.74, 6) is 1.03. The second-order valence-corrected chi connectivity index (χ2v) is 7.38. The van der Waals surface area contributed by atoms with Gasteiger partial charge < -0.3 is 19.3 Å². The van der Waals surface area contributed by atoms with E-state index in [1.54, 1.807) is 0 Å². The number of hydrogen-bond acceptors (Lipinski definition) is 5. The van der Waals surface area contributed by atoms with Gasteiger partial charge in [0, 0.05) is 44.3 Å². The lowest BCUT2D eigenvalue weighted by Crippen LogP contribution is -2.38. The number of likely N-dealkylation sites (N-methyl/N-ethyl adjacent to an activating group) is 2. The van der Waals surface area contributed by atoms with E-state index in [4.69, 9.17) is 9.47 Å². The molecule has 1 atom stereocenters. The van der Waals surface area contributed by atoms with Crippen molar-refractivity contribution in [1.82, 2.24) is 14.7 Å². The third kappa shape index (κ3) is 5.68. The van der Waals surface area contributed by atoms with Crippen molar-refractivity contribution < 1.29 is 9.47 Å². The Balaban J connectivity index is 1.47. The smallest absolute Gasteiger partial charge is 0.123 e. The third-order valence-electron chi connectivity index (χ3n) is 5.38. The maximum absolute atomic E-state index is 6.11. The molecule has 2 heterocycles. The average Bonchev–Trinajstić information content (AvgIpc) is 3.02. The lowest BCUT2D eigenvalue weighted by atomic mass is 10.1. The van der Waals surface area contributed by atoms with Crippen molar-refractivity contribution in [3.8, 4) is 5.75 Å². The van der Waals surface area contributed by atoms with E-state index < -0.39 is 0 Å². The number of benzene rings is 1. The van der Waals surface area contributed by atoms with Crippen LogP contribution in [0.5, 0.6) is 5.75 Å². The molecule has 0 aromatic heterocycles. The molecule has 1 aromatic rings. The highest BCUT2D eigenvalue weighted by molar-refractivity contribution is 5.33. The van der Waals surface area contributed by atoms with E-state index >= 15 is 0 Å². The highest BCUT2D eigenvalue weighted by atomic mass is 16.5. The van der Waals surface area contributed by atoms with Crippen LogP contribution in [-0.2, 0) is 11.3 Å². The first-order valence-corrected chi connectivity index (χ1v) is 9.62. The van der Waals surface area contributed by atoms with Gasteiger partial charge >= 0.3 is 0 Å². The summed E-state index contributed by atoms with van der Waals surface area (Å²) in [7, 11) is 4.46. The zero-order chi connectivity index (χ0) is 17.5. The van der Waals surface area contributed by atoms with Crippen LogP contribution >= 0.6 is 0 Å². The molecular formula is C20H33N3O2. The second-order valence-electron chi connectivity index (χ2n) is 7.38. The molecule has 0 aliphatic carbocycles. The molecule has 0 N–H and O–H groups in total. The van der Waals surface area contributed by atoms with Crippen LogP contribution in [0.1, 0.15) is 18.4 Å². The normalized spacial score (nSPS) is 22.6. The third-order valence-corrected chi connectivity index (χ3v) is 5.38. The molecule has 3 rings (SSSR count). The molecule has 0 amide bonds. The standard InChI is InChI=1S/C20H33N3O2/c1-21(17-19-7-5-9-22(19)2)16-18-6-3-4-8-20(18)25-15-12-23-10-13-24-14-11-23/h3-4,6,8,19H,5,7,9-17H2,1-2H3/t19-/m1/s1. The van der Waals surface area contributed by atoms with Crippen molar-refractivity contribution >= 4 is 0 Å². The Morgan fingerprint density at radius 1 is 1.20 bits per heavy atom. The zero-order valence-electron chi connectivity index (χ0n) is 15.8. The summed E-state index contributed by atoms with van der Waals surface area (Å²) in [4.78, 5) is 7.33. The number of ether oxygens (including phenoxy) is 2. The van der Waals surface area contributed by atoms with E-state index in [9.17, 15) is 0 Å². The van der Waals surface area contributed by atoms with Crippen LogP contribution in [0, 0.1) is 0 Å². The van der Waals surface area contributed by atoms with Gasteiger partial charge in [-0.1, -0.05) is 18.2 Å². The Morgan fingerprint density at radius 2 is 2.00 bits per heavy atom. The van der Waals surface area contributed by atoms with Gasteiger partial charge in [-0.05, 0) is 39.5 Å². The Hall–Kier alpha value is -1.14. The number of rotatable bonds is 8. The number of hydrogen-bond donors (Lipinski definition) is 0. The molecule has 2 fully saturated rings. The van der Waals surface area contributed by atoms with Crippen LogP contribution in [0.15, 0.2) is 24.3 Å². The summed E-state index contributed by atoms with van der Waals surface area (Å²) in [6.07, 6.45) is 2.65. The molecule has 5 heteroatoms. The average molecular weight is 348 g/mol. The molecule has 0 bridgehead atoms. The summed E-state index contributed by atoms with van der Waals surface area (Å²) in [5.41, 5.74) is 1.28. The maximum Gasteiger partial charge on any atom is 0.123 e. The Bertz CT molecular complexity index is 519. The van der Waals surface area contributed by atoms with Gasteiger partial charge in [-0.25, -0.2) is 0 Å². The van der Waals surface area contributed by atoms with Gasteiger partial charge in [0.1, 0.15) is 12.4 Å². The molecule has 0 unspecified atom stereocenters. The first-order valence-electron chi connectivity index (χ1n) is 9.62. The Morgan fingerprint density at radius 3 is 2.76 bits per heavy atom. The molecule has 0 radical (unpaired) electrons. The molecule has 1 aromatic carbocycles.